The molecule has 0 aromatic carbocycles. The maximum Gasteiger partial charge on any atom is 0.226 e. The van der Waals surface area contributed by atoms with Crippen molar-refractivity contribution in [3.63, 3.8) is 0 Å². The smallest absolute Gasteiger partial charge is 0.226 e. The Labute approximate surface area is 84.3 Å². The minimum absolute atomic E-state index is 0.211. The lowest BCUT2D eigenvalue weighted by atomic mass is 10.3. The first kappa shape index (κ1) is 10.4. The van der Waals surface area contributed by atoms with Gasteiger partial charge in [-0.15, -0.1) is 0 Å². The van der Waals surface area contributed by atoms with E-state index in [2.05, 4.69) is 6.92 Å². The third-order valence-corrected chi connectivity index (χ3v) is 2.60. The zero-order valence-electron chi connectivity index (χ0n) is 8.12. The molecule has 1 rings (SSSR count). The summed E-state index contributed by atoms with van der Waals surface area (Å²) in [4.78, 5) is 13.8. The van der Waals surface area contributed by atoms with E-state index in [1.54, 1.807) is 4.90 Å². The van der Waals surface area contributed by atoms with Crippen molar-refractivity contribution in [2.24, 2.45) is 17.6 Å². The van der Waals surface area contributed by atoms with Crippen molar-refractivity contribution in [1.82, 2.24) is 4.90 Å². The molecule has 0 spiro atoms. The highest BCUT2D eigenvalue weighted by Gasteiger charge is 2.41. The highest BCUT2D eigenvalue weighted by molar-refractivity contribution is 7.80. The average molecular weight is 200 g/mol. The number of carbonyl (C=O) groups is 1. The first-order valence-electron chi connectivity index (χ1n) is 4.63. The van der Waals surface area contributed by atoms with Gasteiger partial charge in [-0.05, 0) is 19.3 Å². The summed E-state index contributed by atoms with van der Waals surface area (Å²) >= 11 is 4.78. The fourth-order valence-electron chi connectivity index (χ4n) is 1.43. The molecule has 1 aliphatic rings. The number of nitrogens with zero attached hydrogens (tertiary/aromatic N) is 1. The fraction of sp³-hybridized carbons (Fsp3) is 0.778. The van der Waals surface area contributed by atoms with E-state index >= 15 is 0 Å². The predicted molar refractivity (Wildman–Crippen MR) is 56.3 cm³/mol. The van der Waals surface area contributed by atoms with Crippen LogP contribution in [-0.4, -0.2) is 28.9 Å². The van der Waals surface area contributed by atoms with Gasteiger partial charge in [0.1, 0.15) is 0 Å². The van der Waals surface area contributed by atoms with Crippen LogP contribution in [0.1, 0.15) is 20.3 Å². The Bertz CT molecular complexity index is 230. The van der Waals surface area contributed by atoms with Gasteiger partial charge in [0.05, 0.1) is 11.5 Å². The molecule has 13 heavy (non-hydrogen) atoms. The molecule has 1 aliphatic carbocycles. The largest absolute Gasteiger partial charge is 0.392 e. The molecule has 0 aromatic heterocycles. The zero-order valence-corrected chi connectivity index (χ0v) is 8.93. The van der Waals surface area contributed by atoms with Crippen molar-refractivity contribution >= 4 is 23.1 Å². The molecule has 74 valence electrons. The number of amides is 1. The lowest BCUT2D eigenvalue weighted by molar-refractivity contribution is -0.131. The van der Waals surface area contributed by atoms with Crippen molar-refractivity contribution in [3.8, 4) is 0 Å². The minimum Gasteiger partial charge on any atom is -0.392 e. The molecule has 2 N–H and O–H groups in total. The van der Waals surface area contributed by atoms with E-state index in [0.717, 1.165) is 6.42 Å². The normalized spacial score (nSPS) is 25.4. The van der Waals surface area contributed by atoms with Crippen LogP contribution in [0.25, 0.3) is 0 Å². The SMILES string of the molecule is CCN(CC(N)=S)C(=O)C1CC1C. The van der Waals surface area contributed by atoms with Crippen molar-refractivity contribution < 1.29 is 4.79 Å². The summed E-state index contributed by atoms with van der Waals surface area (Å²) in [7, 11) is 0. The van der Waals surface area contributed by atoms with Gasteiger partial charge >= 0.3 is 0 Å². The van der Waals surface area contributed by atoms with Crippen LogP contribution >= 0.6 is 12.2 Å². The van der Waals surface area contributed by atoms with E-state index in [9.17, 15) is 4.79 Å². The zero-order chi connectivity index (χ0) is 10.0. The number of likely N-dealkylation sites (N-methyl/N-ethyl adjacent to an activating group) is 1. The van der Waals surface area contributed by atoms with Gasteiger partial charge < -0.3 is 10.6 Å². The highest BCUT2D eigenvalue weighted by atomic mass is 32.1. The van der Waals surface area contributed by atoms with Crippen molar-refractivity contribution in [2.75, 3.05) is 13.1 Å². The van der Waals surface area contributed by atoms with Crippen molar-refractivity contribution in [2.45, 2.75) is 20.3 Å². The lowest BCUT2D eigenvalue weighted by Gasteiger charge is -2.19. The van der Waals surface area contributed by atoms with Crippen LogP contribution in [-0.2, 0) is 4.79 Å². The molecule has 1 amide bonds. The highest BCUT2D eigenvalue weighted by Crippen LogP contribution is 2.39. The Hall–Kier alpha value is -0.640. The van der Waals surface area contributed by atoms with Crippen molar-refractivity contribution in [1.29, 1.82) is 0 Å². The number of carbonyl (C=O) groups excluding carboxylic acids is 1. The van der Waals surface area contributed by atoms with Gasteiger partial charge in [0, 0.05) is 12.5 Å². The van der Waals surface area contributed by atoms with Crippen LogP contribution in [0.4, 0.5) is 0 Å². The maximum atomic E-state index is 11.7. The standard InChI is InChI=1S/C9H16N2OS/c1-3-11(5-8(10)13)9(12)7-4-6(7)2/h6-7H,3-5H2,1-2H3,(H2,10,13). The molecule has 0 aliphatic heterocycles. The van der Waals surface area contributed by atoms with Crippen LogP contribution in [0.15, 0.2) is 0 Å². The topological polar surface area (TPSA) is 46.3 Å². The monoisotopic (exact) mass is 200 g/mol. The molecule has 4 heteroatoms. The second-order valence-corrected chi connectivity index (χ2v) is 4.16. The molecule has 3 nitrogen and oxygen atoms in total. The Balaban J connectivity index is 2.46. The van der Waals surface area contributed by atoms with Gasteiger partial charge in [0.2, 0.25) is 5.91 Å². The van der Waals surface area contributed by atoms with E-state index in [1.165, 1.54) is 0 Å². The van der Waals surface area contributed by atoms with E-state index in [4.69, 9.17) is 18.0 Å². The molecule has 0 heterocycles. The minimum atomic E-state index is 0.211. The molecular formula is C9H16N2OS. The molecule has 0 radical (unpaired) electrons. The molecule has 1 fully saturated rings. The molecule has 0 aromatic rings. The summed E-state index contributed by atoms with van der Waals surface area (Å²) in [6, 6.07) is 0. The van der Waals surface area contributed by atoms with Gasteiger partial charge in [-0.3, -0.25) is 4.79 Å². The molecular weight excluding hydrogens is 184 g/mol. The second-order valence-electron chi connectivity index (χ2n) is 3.64. The van der Waals surface area contributed by atoms with Gasteiger partial charge in [0.15, 0.2) is 0 Å². The number of hydrogen-bond acceptors (Lipinski definition) is 2. The quantitative estimate of drug-likeness (QED) is 0.682. The first-order chi connectivity index (χ1) is 6.06. The molecule has 2 atom stereocenters. The maximum absolute atomic E-state index is 11.7. The third-order valence-electron chi connectivity index (χ3n) is 2.47. The van der Waals surface area contributed by atoms with Crippen LogP contribution < -0.4 is 5.73 Å². The van der Waals surface area contributed by atoms with Crippen LogP contribution in [0.5, 0.6) is 0 Å². The van der Waals surface area contributed by atoms with Crippen LogP contribution in [0.3, 0.4) is 0 Å². The van der Waals surface area contributed by atoms with Gasteiger partial charge in [-0.25, -0.2) is 0 Å². The fourth-order valence-corrected chi connectivity index (χ4v) is 1.59. The van der Waals surface area contributed by atoms with Gasteiger partial charge in [0.25, 0.3) is 0 Å². The predicted octanol–water partition coefficient (Wildman–Crippen LogP) is 0.777. The number of rotatable bonds is 4. The molecule has 1 saturated carbocycles. The molecule has 2 unspecified atom stereocenters. The van der Waals surface area contributed by atoms with E-state index < -0.39 is 0 Å². The summed E-state index contributed by atoms with van der Waals surface area (Å²) in [6.07, 6.45) is 1.02. The summed E-state index contributed by atoms with van der Waals surface area (Å²) in [6.45, 7) is 5.16. The van der Waals surface area contributed by atoms with E-state index in [-0.39, 0.29) is 11.8 Å². The summed E-state index contributed by atoms with van der Waals surface area (Å²) in [5.41, 5.74) is 5.40. The Morgan fingerprint density at radius 1 is 1.69 bits per heavy atom. The van der Waals surface area contributed by atoms with Crippen LogP contribution in [0.2, 0.25) is 0 Å². The Kier molecular flexibility index (Phi) is 3.25. The summed E-state index contributed by atoms with van der Waals surface area (Å²) < 4.78 is 0. The number of hydrogen-bond donors (Lipinski definition) is 1. The molecule has 0 bridgehead atoms. The Morgan fingerprint density at radius 2 is 2.23 bits per heavy atom. The number of nitrogens with two attached hydrogens (primary N) is 1. The van der Waals surface area contributed by atoms with Crippen molar-refractivity contribution in [3.05, 3.63) is 0 Å². The third kappa shape index (κ3) is 2.66. The van der Waals surface area contributed by atoms with Crippen LogP contribution in [0, 0.1) is 11.8 Å². The summed E-state index contributed by atoms with van der Waals surface area (Å²) in [5, 5.41) is 0. The van der Waals surface area contributed by atoms with Gasteiger partial charge in [-0.1, -0.05) is 19.1 Å². The number of thiocarbonyl (C=S) groups is 1. The summed E-state index contributed by atoms with van der Waals surface area (Å²) in [5.74, 6) is 0.991. The first-order valence-corrected chi connectivity index (χ1v) is 5.04. The van der Waals surface area contributed by atoms with Gasteiger partial charge in [-0.2, -0.15) is 0 Å². The second kappa shape index (κ2) is 4.05. The van der Waals surface area contributed by atoms with E-state index in [1.807, 2.05) is 6.92 Å². The Morgan fingerprint density at radius 3 is 2.54 bits per heavy atom. The van der Waals surface area contributed by atoms with E-state index in [0.29, 0.717) is 24.0 Å². The molecule has 0 saturated heterocycles. The lowest BCUT2D eigenvalue weighted by Crippen LogP contribution is -2.38. The average Bonchev–Trinajstić information content (AvgIpc) is 2.77.